The third-order valence-corrected chi connectivity index (χ3v) is 6.01. The molecule has 0 bridgehead atoms. The van der Waals surface area contributed by atoms with E-state index < -0.39 is 0 Å². The highest BCUT2D eigenvalue weighted by molar-refractivity contribution is 7.09. The minimum atomic E-state index is 0.490. The zero-order valence-corrected chi connectivity index (χ0v) is 18.5. The van der Waals surface area contributed by atoms with E-state index in [1.807, 2.05) is 0 Å². The SMILES string of the molecule is CCc1nc(CCNC(=NC)NCc2ccc(C)cc2OCC2CCOC2)cs1. The third-order valence-electron chi connectivity index (χ3n) is 4.97. The van der Waals surface area contributed by atoms with E-state index in [0.717, 1.165) is 62.0 Å². The van der Waals surface area contributed by atoms with Crippen molar-refractivity contribution in [3.05, 3.63) is 45.4 Å². The number of aliphatic imine (C=N–C) groups is 1. The Kier molecular flexibility index (Phi) is 8.31. The molecular weight excluding hydrogens is 384 g/mol. The van der Waals surface area contributed by atoms with Gasteiger partial charge < -0.3 is 20.1 Å². The number of rotatable bonds is 9. The van der Waals surface area contributed by atoms with Gasteiger partial charge in [-0.25, -0.2) is 4.98 Å². The highest BCUT2D eigenvalue weighted by Gasteiger charge is 2.17. The molecule has 1 aromatic heterocycles. The molecule has 29 heavy (non-hydrogen) atoms. The van der Waals surface area contributed by atoms with Crippen molar-refractivity contribution in [2.75, 3.05) is 33.4 Å². The maximum absolute atomic E-state index is 6.13. The Morgan fingerprint density at radius 1 is 1.38 bits per heavy atom. The quantitative estimate of drug-likeness (QED) is 0.485. The molecule has 1 atom stereocenters. The largest absolute Gasteiger partial charge is 0.493 e. The lowest BCUT2D eigenvalue weighted by molar-refractivity contribution is 0.166. The topological polar surface area (TPSA) is 67.8 Å². The molecule has 2 heterocycles. The number of hydrogen-bond donors (Lipinski definition) is 2. The van der Waals surface area contributed by atoms with Crippen molar-refractivity contribution < 1.29 is 9.47 Å². The van der Waals surface area contributed by atoms with Crippen molar-refractivity contribution in [3.63, 3.8) is 0 Å². The van der Waals surface area contributed by atoms with E-state index in [-0.39, 0.29) is 0 Å². The molecule has 0 amide bonds. The maximum atomic E-state index is 6.13. The molecule has 0 spiro atoms. The second kappa shape index (κ2) is 11.2. The van der Waals surface area contributed by atoms with Crippen molar-refractivity contribution >= 4 is 17.3 Å². The van der Waals surface area contributed by atoms with Gasteiger partial charge in [0.15, 0.2) is 5.96 Å². The Hall–Kier alpha value is -2.12. The molecule has 1 unspecified atom stereocenters. The van der Waals surface area contributed by atoms with Crippen LogP contribution in [0.1, 0.15) is 35.2 Å². The molecule has 1 aliphatic rings. The molecule has 1 saturated heterocycles. The number of thiazole rings is 1. The van der Waals surface area contributed by atoms with Crippen LogP contribution in [0.2, 0.25) is 0 Å². The van der Waals surface area contributed by atoms with Gasteiger partial charge in [-0.1, -0.05) is 19.1 Å². The van der Waals surface area contributed by atoms with E-state index in [1.165, 1.54) is 10.6 Å². The monoisotopic (exact) mass is 416 g/mol. The average Bonchev–Trinajstić information content (AvgIpc) is 3.41. The van der Waals surface area contributed by atoms with Gasteiger partial charge >= 0.3 is 0 Å². The van der Waals surface area contributed by atoms with Gasteiger partial charge in [-0.3, -0.25) is 4.99 Å². The highest BCUT2D eigenvalue weighted by Crippen LogP contribution is 2.22. The summed E-state index contributed by atoms with van der Waals surface area (Å²) in [6.45, 7) is 8.03. The van der Waals surface area contributed by atoms with E-state index in [0.29, 0.717) is 19.1 Å². The van der Waals surface area contributed by atoms with Gasteiger partial charge in [0.2, 0.25) is 0 Å². The molecule has 7 heteroatoms. The van der Waals surface area contributed by atoms with Crippen LogP contribution < -0.4 is 15.4 Å². The fourth-order valence-electron chi connectivity index (χ4n) is 3.20. The summed E-state index contributed by atoms with van der Waals surface area (Å²) < 4.78 is 11.6. The van der Waals surface area contributed by atoms with Crippen LogP contribution in [-0.2, 0) is 24.1 Å². The second-order valence-corrected chi connectivity index (χ2v) is 8.28. The molecule has 0 saturated carbocycles. The Balaban J connectivity index is 1.49. The van der Waals surface area contributed by atoms with Crippen LogP contribution in [0.5, 0.6) is 5.75 Å². The molecule has 1 aromatic carbocycles. The van der Waals surface area contributed by atoms with Gasteiger partial charge in [0.1, 0.15) is 5.75 Å². The molecule has 0 radical (unpaired) electrons. The number of ether oxygens (including phenoxy) is 2. The minimum absolute atomic E-state index is 0.490. The summed E-state index contributed by atoms with van der Waals surface area (Å²) in [5.41, 5.74) is 3.47. The Morgan fingerprint density at radius 2 is 2.28 bits per heavy atom. The average molecular weight is 417 g/mol. The predicted molar refractivity (Wildman–Crippen MR) is 119 cm³/mol. The number of nitrogens with one attached hydrogen (secondary N) is 2. The summed E-state index contributed by atoms with van der Waals surface area (Å²) in [6, 6.07) is 6.35. The molecule has 0 aliphatic carbocycles. The number of aryl methyl sites for hydroxylation is 2. The molecule has 3 rings (SSSR count). The lowest BCUT2D eigenvalue weighted by Crippen LogP contribution is -2.38. The summed E-state index contributed by atoms with van der Waals surface area (Å²) in [5.74, 6) is 2.21. The Morgan fingerprint density at radius 3 is 3.00 bits per heavy atom. The van der Waals surface area contributed by atoms with Crippen LogP contribution in [0.4, 0.5) is 0 Å². The lowest BCUT2D eigenvalue weighted by atomic mass is 10.1. The standard InChI is InChI=1S/C22H32N4O2S/c1-4-21-26-19(15-29-21)7-9-24-22(23-3)25-12-18-6-5-16(2)11-20(18)28-14-17-8-10-27-13-17/h5-6,11,15,17H,4,7-10,12-14H2,1-3H3,(H2,23,24,25). The first-order valence-electron chi connectivity index (χ1n) is 10.4. The van der Waals surface area contributed by atoms with E-state index >= 15 is 0 Å². The normalized spacial score (nSPS) is 16.8. The van der Waals surface area contributed by atoms with Gasteiger partial charge in [-0.15, -0.1) is 11.3 Å². The Labute approximate surface area is 177 Å². The van der Waals surface area contributed by atoms with Crippen molar-refractivity contribution in [2.24, 2.45) is 10.9 Å². The van der Waals surface area contributed by atoms with Crippen molar-refractivity contribution in [1.29, 1.82) is 0 Å². The van der Waals surface area contributed by atoms with Crippen LogP contribution in [0.15, 0.2) is 28.6 Å². The molecule has 158 valence electrons. The predicted octanol–water partition coefficient (Wildman–Crippen LogP) is 3.34. The van der Waals surface area contributed by atoms with Gasteiger partial charge in [0, 0.05) is 50.0 Å². The fourth-order valence-corrected chi connectivity index (χ4v) is 3.98. The van der Waals surface area contributed by atoms with Crippen molar-refractivity contribution in [3.8, 4) is 5.75 Å². The molecule has 1 aliphatic heterocycles. The number of nitrogens with zero attached hydrogens (tertiary/aromatic N) is 2. The van der Waals surface area contributed by atoms with Gasteiger partial charge in [-0.05, 0) is 31.4 Å². The molecule has 6 nitrogen and oxygen atoms in total. The molecule has 2 N–H and O–H groups in total. The summed E-state index contributed by atoms with van der Waals surface area (Å²) in [5, 5.41) is 10.1. The first-order valence-corrected chi connectivity index (χ1v) is 11.2. The first kappa shape index (κ1) is 21.6. The summed E-state index contributed by atoms with van der Waals surface area (Å²) >= 11 is 1.73. The lowest BCUT2D eigenvalue weighted by Gasteiger charge is -2.17. The maximum Gasteiger partial charge on any atom is 0.191 e. The molecular formula is C22H32N4O2S. The minimum Gasteiger partial charge on any atom is -0.493 e. The second-order valence-electron chi connectivity index (χ2n) is 7.34. The number of benzene rings is 1. The van der Waals surface area contributed by atoms with Crippen LogP contribution in [0.25, 0.3) is 0 Å². The zero-order valence-electron chi connectivity index (χ0n) is 17.7. The summed E-state index contributed by atoms with van der Waals surface area (Å²) in [7, 11) is 1.79. The Bertz CT molecular complexity index is 800. The van der Waals surface area contributed by atoms with Crippen LogP contribution in [-0.4, -0.2) is 44.4 Å². The van der Waals surface area contributed by atoms with Gasteiger partial charge in [-0.2, -0.15) is 0 Å². The molecule has 2 aromatic rings. The van der Waals surface area contributed by atoms with E-state index in [9.17, 15) is 0 Å². The number of guanidine groups is 1. The van der Waals surface area contributed by atoms with E-state index in [2.05, 4.69) is 58.0 Å². The van der Waals surface area contributed by atoms with Crippen molar-refractivity contribution in [2.45, 2.75) is 39.7 Å². The molecule has 1 fully saturated rings. The summed E-state index contributed by atoms with van der Waals surface area (Å²) in [6.07, 6.45) is 2.96. The van der Waals surface area contributed by atoms with Gasteiger partial charge in [0.05, 0.1) is 23.9 Å². The summed E-state index contributed by atoms with van der Waals surface area (Å²) in [4.78, 5) is 8.94. The first-order chi connectivity index (χ1) is 14.2. The van der Waals surface area contributed by atoms with Crippen LogP contribution in [0.3, 0.4) is 0 Å². The number of hydrogen-bond acceptors (Lipinski definition) is 5. The van der Waals surface area contributed by atoms with Crippen molar-refractivity contribution in [1.82, 2.24) is 15.6 Å². The third kappa shape index (κ3) is 6.72. The van der Waals surface area contributed by atoms with Gasteiger partial charge in [0.25, 0.3) is 0 Å². The van der Waals surface area contributed by atoms with E-state index in [1.54, 1.807) is 18.4 Å². The smallest absolute Gasteiger partial charge is 0.191 e. The van der Waals surface area contributed by atoms with Crippen LogP contribution >= 0.6 is 11.3 Å². The fraction of sp³-hybridized carbons (Fsp3) is 0.545. The zero-order chi connectivity index (χ0) is 20.5. The number of aromatic nitrogens is 1. The van der Waals surface area contributed by atoms with E-state index in [4.69, 9.17) is 9.47 Å². The highest BCUT2D eigenvalue weighted by atomic mass is 32.1. The van der Waals surface area contributed by atoms with Crippen LogP contribution in [0, 0.1) is 12.8 Å².